The Kier molecular flexibility index (Phi) is 5.16. The lowest BCUT2D eigenvalue weighted by Gasteiger charge is -2.23. The van der Waals surface area contributed by atoms with Crippen LogP contribution in [0.4, 0.5) is 4.79 Å². The van der Waals surface area contributed by atoms with Crippen molar-refractivity contribution in [1.29, 1.82) is 0 Å². The number of amides is 2. The second-order valence-corrected chi connectivity index (χ2v) is 3.87. The van der Waals surface area contributed by atoms with Crippen molar-refractivity contribution in [1.82, 2.24) is 20.0 Å². The molecule has 7 nitrogen and oxygen atoms in total. The Hall–Kier alpha value is -2.05. The van der Waals surface area contributed by atoms with Crippen LogP contribution in [0, 0.1) is 0 Å². The molecule has 2 N–H and O–H groups in total. The Balaban J connectivity index is 2.37. The van der Waals surface area contributed by atoms with Crippen LogP contribution < -0.4 is 5.32 Å². The lowest BCUT2D eigenvalue weighted by Crippen LogP contribution is -2.47. The largest absolute Gasteiger partial charge is 0.480 e. The van der Waals surface area contributed by atoms with E-state index in [0.29, 0.717) is 19.5 Å². The average molecular weight is 254 g/mol. The molecule has 2 amide bonds. The van der Waals surface area contributed by atoms with Gasteiger partial charge in [-0.05, 0) is 12.5 Å². The number of aromatic nitrogens is 2. The third-order valence-corrected chi connectivity index (χ3v) is 2.64. The van der Waals surface area contributed by atoms with Gasteiger partial charge in [0.15, 0.2) is 0 Å². The minimum atomic E-state index is -0.998. The maximum atomic E-state index is 11.7. The molecule has 0 bridgehead atoms. The van der Waals surface area contributed by atoms with E-state index in [-0.39, 0.29) is 0 Å². The highest BCUT2D eigenvalue weighted by Crippen LogP contribution is 2.01. The van der Waals surface area contributed by atoms with Gasteiger partial charge in [0.05, 0.1) is 6.54 Å². The summed E-state index contributed by atoms with van der Waals surface area (Å²) in [6.07, 6.45) is 3.83. The molecule has 1 atom stereocenters. The Labute approximate surface area is 105 Å². The van der Waals surface area contributed by atoms with Gasteiger partial charge in [-0.25, -0.2) is 9.59 Å². The fourth-order valence-electron chi connectivity index (χ4n) is 1.59. The van der Waals surface area contributed by atoms with Gasteiger partial charge < -0.3 is 15.3 Å². The minimum absolute atomic E-state index is 0.373. The van der Waals surface area contributed by atoms with Crippen LogP contribution >= 0.6 is 0 Å². The third kappa shape index (κ3) is 3.76. The van der Waals surface area contributed by atoms with Crippen molar-refractivity contribution in [2.24, 2.45) is 0 Å². The summed E-state index contributed by atoms with van der Waals surface area (Å²) in [6, 6.07) is 0.608. The van der Waals surface area contributed by atoms with E-state index in [4.69, 9.17) is 5.11 Å². The average Bonchev–Trinajstić information content (AvgIpc) is 2.82. The SMILES string of the molecule is CCC(C(=O)O)N(C)C(=O)NCCn1cccn1. The smallest absolute Gasteiger partial charge is 0.326 e. The highest BCUT2D eigenvalue weighted by Gasteiger charge is 2.24. The standard InChI is InChI=1S/C11H18N4O3/c1-3-9(10(16)17)14(2)11(18)12-6-8-15-7-4-5-13-15/h4-5,7,9H,3,6,8H2,1-2H3,(H,12,18)(H,16,17). The molecule has 7 heteroatoms. The first-order valence-corrected chi connectivity index (χ1v) is 5.77. The van der Waals surface area contributed by atoms with Gasteiger partial charge in [0.1, 0.15) is 6.04 Å². The summed E-state index contributed by atoms with van der Waals surface area (Å²) in [4.78, 5) is 23.8. The quantitative estimate of drug-likeness (QED) is 0.768. The first-order chi connectivity index (χ1) is 8.56. The molecule has 1 unspecified atom stereocenters. The van der Waals surface area contributed by atoms with Crippen LogP contribution in [0.1, 0.15) is 13.3 Å². The second kappa shape index (κ2) is 6.63. The van der Waals surface area contributed by atoms with Gasteiger partial charge in [-0.3, -0.25) is 4.68 Å². The Bertz CT molecular complexity index is 391. The van der Waals surface area contributed by atoms with Crippen molar-refractivity contribution < 1.29 is 14.7 Å². The number of hydrogen-bond donors (Lipinski definition) is 2. The van der Waals surface area contributed by atoms with Gasteiger partial charge in [0.25, 0.3) is 0 Å². The lowest BCUT2D eigenvalue weighted by atomic mass is 10.2. The maximum absolute atomic E-state index is 11.7. The zero-order valence-electron chi connectivity index (χ0n) is 10.5. The fourth-order valence-corrected chi connectivity index (χ4v) is 1.59. The van der Waals surface area contributed by atoms with E-state index in [9.17, 15) is 9.59 Å². The van der Waals surface area contributed by atoms with Gasteiger partial charge >= 0.3 is 12.0 Å². The predicted molar refractivity (Wildman–Crippen MR) is 65.1 cm³/mol. The summed E-state index contributed by atoms with van der Waals surface area (Å²) in [5.74, 6) is -0.998. The van der Waals surface area contributed by atoms with Gasteiger partial charge in [-0.2, -0.15) is 5.10 Å². The zero-order chi connectivity index (χ0) is 13.5. The molecule has 18 heavy (non-hydrogen) atoms. The molecule has 0 aliphatic heterocycles. The number of nitrogens with zero attached hydrogens (tertiary/aromatic N) is 3. The molecule has 1 heterocycles. The molecule has 1 aromatic heterocycles. The van der Waals surface area contributed by atoms with Gasteiger partial charge in [-0.1, -0.05) is 6.92 Å². The van der Waals surface area contributed by atoms with Crippen LogP contribution in [0.3, 0.4) is 0 Å². The number of carbonyl (C=O) groups excluding carboxylic acids is 1. The van der Waals surface area contributed by atoms with Crippen LogP contribution in [0.15, 0.2) is 18.5 Å². The van der Waals surface area contributed by atoms with E-state index in [1.807, 2.05) is 0 Å². The third-order valence-electron chi connectivity index (χ3n) is 2.64. The topological polar surface area (TPSA) is 87.5 Å². The number of nitrogens with one attached hydrogen (secondary N) is 1. The predicted octanol–water partition coefficient (Wildman–Crippen LogP) is 0.388. The molecule has 0 saturated carbocycles. The van der Waals surface area contributed by atoms with E-state index in [1.165, 1.54) is 11.9 Å². The summed E-state index contributed by atoms with van der Waals surface area (Å²) in [7, 11) is 1.48. The molecule has 0 aromatic carbocycles. The first-order valence-electron chi connectivity index (χ1n) is 5.77. The first kappa shape index (κ1) is 14.0. The lowest BCUT2D eigenvalue weighted by molar-refractivity contribution is -0.141. The van der Waals surface area contributed by atoms with Crippen LogP contribution in [-0.4, -0.2) is 51.4 Å². The Morgan fingerprint density at radius 3 is 2.78 bits per heavy atom. The second-order valence-electron chi connectivity index (χ2n) is 3.87. The normalized spacial score (nSPS) is 11.9. The number of carboxylic acid groups (broad SMARTS) is 1. The molecular formula is C11H18N4O3. The van der Waals surface area contributed by atoms with Crippen molar-refractivity contribution in [3.05, 3.63) is 18.5 Å². The summed E-state index contributed by atoms with van der Waals surface area (Å²) >= 11 is 0. The van der Waals surface area contributed by atoms with E-state index >= 15 is 0 Å². The summed E-state index contributed by atoms with van der Waals surface area (Å²) in [6.45, 7) is 2.68. The summed E-state index contributed by atoms with van der Waals surface area (Å²) < 4.78 is 1.69. The molecule has 0 fully saturated rings. The number of carbonyl (C=O) groups is 2. The number of aliphatic carboxylic acids is 1. The molecule has 0 saturated heterocycles. The Morgan fingerprint density at radius 1 is 1.56 bits per heavy atom. The molecular weight excluding hydrogens is 236 g/mol. The fraction of sp³-hybridized carbons (Fsp3) is 0.545. The molecule has 0 spiro atoms. The highest BCUT2D eigenvalue weighted by molar-refractivity contribution is 5.82. The van der Waals surface area contributed by atoms with Gasteiger partial charge in [0.2, 0.25) is 0 Å². The van der Waals surface area contributed by atoms with E-state index < -0.39 is 18.0 Å². The number of hydrogen-bond acceptors (Lipinski definition) is 3. The van der Waals surface area contributed by atoms with Crippen molar-refractivity contribution in [2.75, 3.05) is 13.6 Å². The molecule has 100 valence electrons. The van der Waals surface area contributed by atoms with Crippen molar-refractivity contribution in [3.63, 3.8) is 0 Å². The van der Waals surface area contributed by atoms with Crippen molar-refractivity contribution >= 4 is 12.0 Å². The monoisotopic (exact) mass is 254 g/mol. The molecule has 1 aromatic rings. The summed E-state index contributed by atoms with van der Waals surface area (Å²) in [5, 5.41) is 15.6. The van der Waals surface area contributed by atoms with Crippen LogP contribution in [0.5, 0.6) is 0 Å². The van der Waals surface area contributed by atoms with Crippen LogP contribution in [0.2, 0.25) is 0 Å². The molecule has 0 radical (unpaired) electrons. The summed E-state index contributed by atoms with van der Waals surface area (Å²) in [5.41, 5.74) is 0. The number of carboxylic acids is 1. The van der Waals surface area contributed by atoms with Gasteiger partial charge in [-0.15, -0.1) is 0 Å². The molecule has 1 rings (SSSR count). The minimum Gasteiger partial charge on any atom is -0.480 e. The van der Waals surface area contributed by atoms with Crippen LogP contribution in [-0.2, 0) is 11.3 Å². The van der Waals surface area contributed by atoms with E-state index in [1.54, 1.807) is 30.1 Å². The van der Waals surface area contributed by atoms with E-state index in [0.717, 1.165) is 0 Å². The van der Waals surface area contributed by atoms with E-state index in [2.05, 4.69) is 10.4 Å². The molecule has 0 aliphatic rings. The number of rotatable bonds is 6. The maximum Gasteiger partial charge on any atom is 0.326 e. The van der Waals surface area contributed by atoms with Crippen LogP contribution in [0.25, 0.3) is 0 Å². The van der Waals surface area contributed by atoms with Gasteiger partial charge in [0, 0.05) is 26.0 Å². The number of urea groups is 1. The zero-order valence-corrected chi connectivity index (χ0v) is 10.5. The number of likely N-dealkylation sites (N-methyl/N-ethyl adjacent to an activating group) is 1. The highest BCUT2D eigenvalue weighted by atomic mass is 16.4. The van der Waals surface area contributed by atoms with Crippen molar-refractivity contribution in [2.45, 2.75) is 25.9 Å². The Morgan fingerprint density at radius 2 is 2.28 bits per heavy atom. The van der Waals surface area contributed by atoms with Crippen molar-refractivity contribution in [3.8, 4) is 0 Å². The molecule has 0 aliphatic carbocycles.